The van der Waals surface area contributed by atoms with Gasteiger partial charge in [-0.3, -0.25) is 0 Å². The highest BCUT2D eigenvalue weighted by atomic mass is 15.1. The van der Waals surface area contributed by atoms with Gasteiger partial charge < -0.3 is 9.47 Å². The summed E-state index contributed by atoms with van der Waals surface area (Å²) in [6, 6.07) is 62.4. The number of hydrogen-bond donors (Lipinski definition) is 0. The van der Waals surface area contributed by atoms with Crippen molar-refractivity contribution >= 4 is 38.9 Å². The minimum absolute atomic E-state index is 0.187. The average molecular weight is 717 g/mol. The van der Waals surface area contributed by atoms with Crippen LogP contribution in [0, 0.1) is 17.8 Å². The van der Waals surface area contributed by atoms with E-state index in [4.69, 9.17) is 0 Å². The second-order valence-corrected chi connectivity index (χ2v) is 17.5. The van der Waals surface area contributed by atoms with Crippen LogP contribution in [0.4, 0.5) is 17.1 Å². The van der Waals surface area contributed by atoms with Crippen LogP contribution in [0.25, 0.3) is 49.7 Å². The summed E-state index contributed by atoms with van der Waals surface area (Å²) in [5.74, 6) is 0.490. The third-order valence-electron chi connectivity index (χ3n) is 11.1. The molecule has 1 aromatic heterocycles. The van der Waals surface area contributed by atoms with Crippen molar-refractivity contribution in [1.29, 1.82) is 0 Å². The fourth-order valence-electron chi connectivity index (χ4n) is 8.20. The Morgan fingerprint density at radius 2 is 0.909 bits per heavy atom. The lowest BCUT2D eigenvalue weighted by molar-refractivity contribution is 0.229. The van der Waals surface area contributed by atoms with Crippen molar-refractivity contribution < 1.29 is 0 Å². The van der Waals surface area contributed by atoms with Gasteiger partial charge >= 0.3 is 0 Å². The molecule has 274 valence electrons. The summed E-state index contributed by atoms with van der Waals surface area (Å²) in [5.41, 5.74) is 15.0. The molecule has 0 fully saturated rings. The Morgan fingerprint density at radius 3 is 1.36 bits per heavy atom. The molecule has 0 amide bonds. The molecule has 55 heavy (non-hydrogen) atoms. The van der Waals surface area contributed by atoms with Crippen molar-refractivity contribution in [2.24, 2.45) is 10.8 Å². The smallest absolute Gasteiger partial charge is 0.0541 e. The first-order valence-electron chi connectivity index (χ1n) is 19.7. The number of aryl methyl sites for hydroxylation is 1. The van der Waals surface area contributed by atoms with E-state index < -0.39 is 0 Å². The second-order valence-electron chi connectivity index (χ2n) is 17.5. The summed E-state index contributed by atoms with van der Waals surface area (Å²) < 4.78 is 2.42. The molecule has 0 saturated carbocycles. The highest BCUT2D eigenvalue weighted by Gasteiger charge is 2.30. The number of aromatic nitrogens is 1. The molecule has 8 aromatic rings. The largest absolute Gasteiger partial charge is 0.311 e. The van der Waals surface area contributed by atoms with Crippen molar-refractivity contribution in [2.75, 3.05) is 4.90 Å². The summed E-state index contributed by atoms with van der Waals surface area (Å²) >= 11 is 0. The van der Waals surface area contributed by atoms with Crippen molar-refractivity contribution in [2.45, 2.75) is 60.8 Å². The molecule has 0 bridgehead atoms. The van der Waals surface area contributed by atoms with Gasteiger partial charge in [0.05, 0.1) is 11.0 Å². The fraction of sp³-hybridized carbons (Fsp3) is 0.208. The Hall–Kier alpha value is -5.86. The lowest BCUT2D eigenvalue weighted by Gasteiger charge is -2.36. The maximum atomic E-state index is 2.42. The monoisotopic (exact) mass is 716 g/mol. The highest BCUT2D eigenvalue weighted by Crippen LogP contribution is 2.44. The highest BCUT2D eigenvalue weighted by molar-refractivity contribution is 6.11. The number of anilines is 3. The maximum Gasteiger partial charge on any atom is 0.0541 e. The normalized spacial score (nSPS) is 12.6. The molecule has 1 atom stereocenters. The van der Waals surface area contributed by atoms with Crippen LogP contribution >= 0.6 is 0 Å². The SMILES string of the molecule is Cc1ccc(-n2c3ccc(-c4ccc(C(CC(C)(C)C)C(C)(C)C)cc4)cc3c3cc(-c4ccc(N(c5ccccc5)c5ccccc5)cc4)ccc32)cc1. The van der Waals surface area contributed by atoms with E-state index in [0.29, 0.717) is 5.92 Å². The van der Waals surface area contributed by atoms with E-state index in [1.807, 2.05) is 0 Å². The maximum absolute atomic E-state index is 2.42. The molecule has 8 rings (SSSR count). The molecule has 0 N–H and O–H groups in total. The van der Waals surface area contributed by atoms with E-state index in [9.17, 15) is 0 Å². The van der Waals surface area contributed by atoms with Gasteiger partial charge in [0.25, 0.3) is 0 Å². The van der Waals surface area contributed by atoms with E-state index >= 15 is 0 Å². The Bertz CT molecular complexity index is 2510. The molecule has 1 unspecified atom stereocenters. The van der Waals surface area contributed by atoms with Crippen LogP contribution in [0.5, 0.6) is 0 Å². The van der Waals surface area contributed by atoms with Crippen LogP contribution in [0.15, 0.2) is 170 Å². The van der Waals surface area contributed by atoms with Crippen molar-refractivity contribution in [3.8, 4) is 27.9 Å². The molecule has 2 heteroatoms. The summed E-state index contributed by atoms with van der Waals surface area (Å²) in [5, 5.41) is 2.51. The number of nitrogens with zero attached hydrogens (tertiary/aromatic N) is 2. The van der Waals surface area contributed by atoms with Gasteiger partial charge in [-0.1, -0.05) is 144 Å². The molecular weight excluding hydrogens is 665 g/mol. The Labute approximate surface area is 327 Å². The van der Waals surface area contributed by atoms with Gasteiger partial charge in [0.2, 0.25) is 0 Å². The van der Waals surface area contributed by atoms with E-state index in [1.165, 1.54) is 60.9 Å². The zero-order chi connectivity index (χ0) is 38.3. The first-order valence-corrected chi connectivity index (χ1v) is 19.7. The topological polar surface area (TPSA) is 8.17 Å². The van der Waals surface area contributed by atoms with Crippen LogP contribution in [-0.4, -0.2) is 4.57 Å². The lowest BCUT2D eigenvalue weighted by atomic mass is 9.69. The van der Waals surface area contributed by atoms with Gasteiger partial charge in [-0.25, -0.2) is 0 Å². The van der Waals surface area contributed by atoms with Gasteiger partial charge in [0.1, 0.15) is 0 Å². The third kappa shape index (κ3) is 7.47. The van der Waals surface area contributed by atoms with Gasteiger partial charge in [-0.15, -0.1) is 0 Å². The van der Waals surface area contributed by atoms with Crippen molar-refractivity contribution in [3.05, 3.63) is 181 Å². The second kappa shape index (κ2) is 14.4. The van der Waals surface area contributed by atoms with E-state index in [-0.39, 0.29) is 10.8 Å². The van der Waals surface area contributed by atoms with E-state index in [2.05, 4.69) is 228 Å². The molecule has 0 spiro atoms. The Kier molecular flexibility index (Phi) is 9.47. The van der Waals surface area contributed by atoms with Gasteiger partial charge in [-0.05, 0) is 131 Å². The summed E-state index contributed by atoms with van der Waals surface area (Å²) in [7, 11) is 0. The van der Waals surface area contributed by atoms with Crippen molar-refractivity contribution in [1.82, 2.24) is 4.57 Å². The zero-order valence-electron chi connectivity index (χ0n) is 33.3. The first kappa shape index (κ1) is 36.1. The predicted octanol–water partition coefficient (Wildman–Crippen LogP) is 15.5. The van der Waals surface area contributed by atoms with Gasteiger partial charge in [0, 0.05) is 33.5 Å². The number of rotatable bonds is 8. The quantitative estimate of drug-likeness (QED) is 0.152. The molecule has 2 nitrogen and oxygen atoms in total. The number of hydrogen-bond acceptors (Lipinski definition) is 1. The van der Waals surface area contributed by atoms with Crippen molar-refractivity contribution in [3.63, 3.8) is 0 Å². The van der Waals surface area contributed by atoms with Crippen LogP contribution in [0.2, 0.25) is 0 Å². The zero-order valence-corrected chi connectivity index (χ0v) is 33.3. The number of para-hydroxylation sites is 2. The molecule has 0 aliphatic heterocycles. The van der Waals surface area contributed by atoms with Crippen LogP contribution < -0.4 is 4.90 Å². The third-order valence-corrected chi connectivity index (χ3v) is 11.1. The molecule has 0 aliphatic carbocycles. The van der Waals surface area contributed by atoms with E-state index in [0.717, 1.165) is 23.5 Å². The Morgan fingerprint density at radius 1 is 0.473 bits per heavy atom. The number of benzene rings is 7. The fourth-order valence-corrected chi connectivity index (χ4v) is 8.20. The summed E-state index contributed by atoms with van der Waals surface area (Å²) in [4.78, 5) is 2.31. The van der Waals surface area contributed by atoms with Gasteiger partial charge in [0.15, 0.2) is 0 Å². The molecule has 0 saturated heterocycles. The molecular formula is C53H52N2. The lowest BCUT2D eigenvalue weighted by Crippen LogP contribution is -2.23. The van der Waals surface area contributed by atoms with Crippen LogP contribution in [-0.2, 0) is 0 Å². The first-order chi connectivity index (χ1) is 26.4. The predicted molar refractivity (Wildman–Crippen MR) is 237 cm³/mol. The summed E-state index contributed by atoms with van der Waals surface area (Å²) in [6.07, 6.45) is 1.16. The molecule has 7 aromatic carbocycles. The standard InChI is InChI=1S/C53H52N2/c1-37-18-28-46(29-19-37)55-50-32-26-41(38-20-22-40(23-21-38)49(53(5,6)7)36-52(2,3)4)34-47(50)48-35-42(27-33-51(48)55)39-24-30-45(31-25-39)54(43-14-10-8-11-15-43)44-16-12-9-13-17-44/h8-35,49H,36H2,1-7H3. The van der Waals surface area contributed by atoms with Gasteiger partial charge in [-0.2, -0.15) is 0 Å². The Balaban J connectivity index is 1.21. The molecule has 0 aliphatic rings. The molecule has 1 heterocycles. The minimum Gasteiger partial charge on any atom is -0.311 e. The van der Waals surface area contributed by atoms with Crippen LogP contribution in [0.3, 0.4) is 0 Å². The van der Waals surface area contributed by atoms with E-state index in [1.54, 1.807) is 0 Å². The number of fused-ring (bicyclic) bond motifs is 3. The van der Waals surface area contributed by atoms with Crippen LogP contribution in [0.1, 0.15) is 65.0 Å². The summed E-state index contributed by atoms with van der Waals surface area (Å²) in [6.45, 7) is 16.3. The minimum atomic E-state index is 0.187. The average Bonchev–Trinajstić information content (AvgIpc) is 3.51. The molecule has 0 radical (unpaired) electrons.